The van der Waals surface area contributed by atoms with E-state index in [-0.39, 0.29) is 0 Å². The van der Waals surface area contributed by atoms with Crippen molar-refractivity contribution in [2.24, 2.45) is 0 Å². The van der Waals surface area contributed by atoms with Crippen molar-refractivity contribution in [3.8, 4) is 5.75 Å². The molecule has 1 atom stereocenters. The average molecular weight is 223 g/mol. The van der Waals surface area contributed by atoms with E-state index in [4.69, 9.17) is 9.47 Å². The molecular weight excluding hydrogens is 202 g/mol. The summed E-state index contributed by atoms with van der Waals surface area (Å²) in [6.45, 7) is 3.84. The lowest BCUT2D eigenvalue weighted by Gasteiger charge is -2.18. The van der Waals surface area contributed by atoms with Gasteiger partial charge in [0, 0.05) is 19.8 Å². The summed E-state index contributed by atoms with van der Waals surface area (Å²) in [4.78, 5) is 0. The Morgan fingerprint density at radius 2 is 1.88 bits per heavy atom. The molecule has 16 heavy (non-hydrogen) atoms. The lowest BCUT2D eigenvalue weighted by atomic mass is 10.0. The number of rotatable bonds is 7. The summed E-state index contributed by atoms with van der Waals surface area (Å²) >= 11 is 0. The smallest absolute Gasteiger partial charge is 0.118 e. The van der Waals surface area contributed by atoms with E-state index in [1.807, 2.05) is 12.1 Å². The van der Waals surface area contributed by atoms with E-state index in [0.29, 0.717) is 6.04 Å². The largest absolute Gasteiger partial charge is 0.497 e. The zero-order valence-electron chi connectivity index (χ0n) is 10.3. The monoisotopic (exact) mass is 223 g/mol. The Morgan fingerprint density at radius 1 is 1.19 bits per heavy atom. The fraction of sp³-hybridized carbons (Fsp3) is 0.538. The first kappa shape index (κ1) is 13.0. The SMILES string of the molecule is CCNC(CCOC)c1ccc(OC)cc1. The summed E-state index contributed by atoms with van der Waals surface area (Å²) in [6, 6.07) is 8.54. The molecule has 0 aliphatic carbocycles. The van der Waals surface area contributed by atoms with E-state index in [1.165, 1.54) is 5.56 Å². The molecular formula is C13H21NO2. The van der Waals surface area contributed by atoms with Gasteiger partial charge in [0.25, 0.3) is 0 Å². The molecule has 0 aromatic heterocycles. The molecule has 0 amide bonds. The van der Waals surface area contributed by atoms with E-state index in [0.717, 1.165) is 25.3 Å². The second kappa shape index (κ2) is 7.25. The van der Waals surface area contributed by atoms with Gasteiger partial charge in [-0.05, 0) is 30.7 Å². The van der Waals surface area contributed by atoms with Crippen LogP contribution in [0.15, 0.2) is 24.3 Å². The average Bonchev–Trinajstić information content (AvgIpc) is 2.35. The molecule has 3 heteroatoms. The number of methoxy groups -OCH3 is 2. The normalized spacial score (nSPS) is 12.4. The summed E-state index contributed by atoms with van der Waals surface area (Å²) in [6.07, 6.45) is 0.983. The summed E-state index contributed by atoms with van der Waals surface area (Å²) < 4.78 is 10.3. The maximum absolute atomic E-state index is 5.14. The van der Waals surface area contributed by atoms with Crippen molar-refractivity contribution in [2.45, 2.75) is 19.4 Å². The summed E-state index contributed by atoms with van der Waals surface area (Å²) in [5, 5.41) is 3.45. The van der Waals surface area contributed by atoms with Crippen LogP contribution in [0.1, 0.15) is 24.9 Å². The molecule has 1 unspecified atom stereocenters. The minimum Gasteiger partial charge on any atom is -0.497 e. The zero-order chi connectivity index (χ0) is 11.8. The van der Waals surface area contributed by atoms with Crippen LogP contribution < -0.4 is 10.1 Å². The molecule has 1 aromatic carbocycles. The van der Waals surface area contributed by atoms with Crippen LogP contribution in [0.5, 0.6) is 5.75 Å². The second-order valence-electron chi connectivity index (χ2n) is 3.66. The number of ether oxygens (including phenoxy) is 2. The third kappa shape index (κ3) is 3.83. The molecule has 3 nitrogen and oxygen atoms in total. The molecule has 0 aliphatic heterocycles. The highest BCUT2D eigenvalue weighted by molar-refractivity contribution is 5.29. The van der Waals surface area contributed by atoms with Gasteiger partial charge in [-0.3, -0.25) is 0 Å². The highest BCUT2D eigenvalue weighted by atomic mass is 16.5. The molecule has 1 aromatic rings. The fourth-order valence-electron chi connectivity index (χ4n) is 1.70. The summed E-state index contributed by atoms with van der Waals surface area (Å²) in [5.41, 5.74) is 1.28. The third-order valence-corrected chi connectivity index (χ3v) is 2.58. The Kier molecular flexibility index (Phi) is 5.90. The first-order valence-electron chi connectivity index (χ1n) is 5.68. The highest BCUT2D eigenvalue weighted by Crippen LogP contribution is 2.20. The standard InChI is InChI=1S/C13H21NO2/c1-4-14-13(9-10-15-2)11-5-7-12(16-3)8-6-11/h5-8,13-14H,4,9-10H2,1-3H3. The van der Waals surface area contributed by atoms with Gasteiger partial charge in [0.1, 0.15) is 5.75 Å². The van der Waals surface area contributed by atoms with Crippen LogP contribution in [0.25, 0.3) is 0 Å². The Labute approximate surface area is 97.8 Å². The quantitative estimate of drug-likeness (QED) is 0.770. The van der Waals surface area contributed by atoms with Crippen LogP contribution in [0.4, 0.5) is 0 Å². The molecule has 0 fully saturated rings. The van der Waals surface area contributed by atoms with Crippen LogP contribution in [-0.2, 0) is 4.74 Å². The van der Waals surface area contributed by atoms with Crippen molar-refractivity contribution in [3.63, 3.8) is 0 Å². The van der Waals surface area contributed by atoms with Crippen LogP contribution >= 0.6 is 0 Å². The highest BCUT2D eigenvalue weighted by Gasteiger charge is 2.09. The van der Waals surface area contributed by atoms with Gasteiger partial charge in [0.15, 0.2) is 0 Å². The molecule has 0 bridgehead atoms. The molecule has 0 heterocycles. The van der Waals surface area contributed by atoms with Crippen molar-refractivity contribution >= 4 is 0 Å². The number of hydrogen-bond acceptors (Lipinski definition) is 3. The Balaban J connectivity index is 2.67. The maximum atomic E-state index is 5.14. The molecule has 0 radical (unpaired) electrons. The fourth-order valence-corrected chi connectivity index (χ4v) is 1.70. The molecule has 0 spiro atoms. The van der Waals surface area contributed by atoms with Gasteiger partial charge in [-0.25, -0.2) is 0 Å². The van der Waals surface area contributed by atoms with Gasteiger partial charge in [0.05, 0.1) is 7.11 Å². The Bertz CT molecular complexity index is 284. The van der Waals surface area contributed by atoms with E-state index in [2.05, 4.69) is 24.4 Å². The minimum atomic E-state index is 0.357. The molecule has 1 rings (SSSR count). The van der Waals surface area contributed by atoms with Crippen LogP contribution in [-0.4, -0.2) is 27.4 Å². The number of nitrogens with one attached hydrogen (secondary N) is 1. The zero-order valence-corrected chi connectivity index (χ0v) is 10.3. The third-order valence-electron chi connectivity index (χ3n) is 2.58. The van der Waals surface area contributed by atoms with Crippen molar-refractivity contribution in [1.82, 2.24) is 5.32 Å². The lowest BCUT2D eigenvalue weighted by Crippen LogP contribution is -2.22. The Hall–Kier alpha value is -1.06. The second-order valence-corrected chi connectivity index (χ2v) is 3.66. The van der Waals surface area contributed by atoms with E-state index in [9.17, 15) is 0 Å². The number of hydrogen-bond donors (Lipinski definition) is 1. The first-order chi connectivity index (χ1) is 7.81. The summed E-state index contributed by atoms with van der Waals surface area (Å²) in [5.74, 6) is 0.894. The molecule has 90 valence electrons. The van der Waals surface area contributed by atoms with Crippen LogP contribution in [0.3, 0.4) is 0 Å². The predicted molar refractivity (Wildman–Crippen MR) is 65.9 cm³/mol. The van der Waals surface area contributed by atoms with Gasteiger partial charge < -0.3 is 14.8 Å². The Morgan fingerprint density at radius 3 is 2.38 bits per heavy atom. The van der Waals surface area contributed by atoms with Gasteiger partial charge >= 0.3 is 0 Å². The molecule has 0 aliphatic rings. The van der Waals surface area contributed by atoms with Gasteiger partial charge in [-0.1, -0.05) is 19.1 Å². The molecule has 0 saturated heterocycles. The van der Waals surface area contributed by atoms with E-state index >= 15 is 0 Å². The predicted octanol–water partition coefficient (Wildman–Crippen LogP) is 2.38. The molecule has 0 saturated carbocycles. The van der Waals surface area contributed by atoms with Crippen LogP contribution in [0, 0.1) is 0 Å². The van der Waals surface area contributed by atoms with Crippen LogP contribution in [0.2, 0.25) is 0 Å². The summed E-state index contributed by atoms with van der Waals surface area (Å²) in [7, 11) is 3.42. The topological polar surface area (TPSA) is 30.5 Å². The van der Waals surface area contributed by atoms with Crippen molar-refractivity contribution < 1.29 is 9.47 Å². The molecule has 1 N–H and O–H groups in total. The van der Waals surface area contributed by atoms with Gasteiger partial charge in [-0.15, -0.1) is 0 Å². The van der Waals surface area contributed by atoms with Gasteiger partial charge in [-0.2, -0.15) is 0 Å². The number of benzene rings is 1. The van der Waals surface area contributed by atoms with Gasteiger partial charge in [0.2, 0.25) is 0 Å². The lowest BCUT2D eigenvalue weighted by molar-refractivity contribution is 0.183. The van der Waals surface area contributed by atoms with Crippen molar-refractivity contribution in [3.05, 3.63) is 29.8 Å². The van der Waals surface area contributed by atoms with Crippen molar-refractivity contribution in [1.29, 1.82) is 0 Å². The van der Waals surface area contributed by atoms with E-state index < -0.39 is 0 Å². The maximum Gasteiger partial charge on any atom is 0.118 e. The van der Waals surface area contributed by atoms with Crippen molar-refractivity contribution in [2.75, 3.05) is 27.4 Å². The first-order valence-corrected chi connectivity index (χ1v) is 5.68. The van der Waals surface area contributed by atoms with E-state index in [1.54, 1.807) is 14.2 Å². The minimum absolute atomic E-state index is 0.357.